The third-order valence-electron chi connectivity index (χ3n) is 3.65. The lowest BCUT2D eigenvalue weighted by Gasteiger charge is -2.05. The molecule has 3 rings (SSSR count). The van der Waals surface area contributed by atoms with Crippen molar-refractivity contribution in [1.29, 1.82) is 0 Å². The lowest BCUT2D eigenvalue weighted by Crippen LogP contribution is -2.00. The van der Waals surface area contributed by atoms with Gasteiger partial charge < -0.3 is 13.9 Å². The highest BCUT2D eigenvalue weighted by atomic mass is 32.2. The van der Waals surface area contributed by atoms with Crippen molar-refractivity contribution in [2.24, 2.45) is 5.10 Å². The van der Waals surface area contributed by atoms with E-state index >= 15 is 0 Å². The molecule has 11 heteroatoms. The minimum absolute atomic E-state index is 0.0967. The minimum atomic E-state index is -2.78. The molecule has 0 radical (unpaired) electrons. The Hall–Kier alpha value is -3.21. The molecular formula is C18H16F2N4O4S. The number of aromatic nitrogens is 3. The summed E-state index contributed by atoms with van der Waals surface area (Å²) in [4.78, 5) is 11.4. The summed E-state index contributed by atoms with van der Waals surface area (Å²) in [5.41, 5.74) is 0.671. The Bertz CT molecular complexity index is 1000. The van der Waals surface area contributed by atoms with Crippen LogP contribution in [0, 0.1) is 0 Å². The molecule has 2 heterocycles. The van der Waals surface area contributed by atoms with Gasteiger partial charge in [0, 0.05) is 0 Å². The van der Waals surface area contributed by atoms with Gasteiger partial charge in [0.05, 0.1) is 13.3 Å². The van der Waals surface area contributed by atoms with Gasteiger partial charge in [-0.1, -0.05) is 11.8 Å². The van der Waals surface area contributed by atoms with Gasteiger partial charge in [-0.05, 0) is 48.2 Å². The van der Waals surface area contributed by atoms with Crippen molar-refractivity contribution < 1.29 is 27.5 Å². The van der Waals surface area contributed by atoms with Crippen molar-refractivity contribution in [3.8, 4) is 5.75 Å². The molecule has 0 atom stereocenters. The quantitative estimate of drug-likeness (QED) is 0.310. The summed E-state index contributed by atoms with van der Waals surface area (Å²) < 4.78 is 42.5. The molecule has 1 aromatic carbocycles. The van der Waals surface area contributed by atoms with E-state index in [1.165, 1.54) is 31.2 Å². The van der Waals surface area contributed by atoms with E-state index in [-0.39, 0.29) is 17.5 Å². The number of halogens is 2. The second-order valence-corrected chi connectivity index (χ2v) is 6.29. The lowest BCUT2D eigenvalue weighted by molar-refractivity contribution is 0.0561. The zero-order chi connectivity index (χ0) is 20.8. The van der Waals surface area contributed by atoms with Gasteiger partial charge in [-0.15, -0.1) is 10.2 Å². The topological polar surface area (TPSA) is 91.7 Å². The Balaban J connectivity index is 1.63. The molecule has 0 N–H and O–H groups in total. The third kappa shape index (κ3) is 4.99. The van der Waals surface area contributed by atoms with Crippen LogP contribution in [0.25, 0.3) is 0 Å². The molecule has 2 aromatic heterocycles. The average molecular weight is 422 g/mol. The van der Waals surface area contributed by atoms with Crippen LogP contribution in [0.1, 0.15) is 34.1 Å². The van der Waals surface area contributed by atoms with Crippen LogP contribution in [0.15, 0.2) is 51.1 Å². The number of esters is 1. The summed E-state index contributed by atoms with van der Waals surface area (Å²) in [6.07, 6.45) is 0.344. The highest BCUT2D eigenvalue weighted by Crippen LogP contribution is 2.22. The fraction of sp³-hybridized carbons (Fsp3) is 0.222. The molecule has 0 aliphatic rings. The Morgan fingerprint density at radius 2 is 2.03 bits per heavy atom. The first-order valence-corrected chi connectivity index (χ1v) is 9.46. The molecule has 0 fully saturated rings. The molecule has 0 bridgehead atoms. The first-order valence-electron chi connectivity index (χ1n) is 8.23. The van der Waals surface area contributed by atoms with E-state index in [0.29, 0.717) is 17.1 Å². The maximum Gasteiger partial charge on any atom is 0.373 e. The molecule has 152 valence electrons. The van der Waals surface area contributed by atoms with Crippen molar-refractivity contribution in [3.05, 3.63) is 59.3 Å². The van der Waals surface area contributed by atoms with Gasteiger partial charge in [-0.25, -0.2) is 13.6 Å². The largest absolute Gasteiger partial charge is 0.486 e. The van der Waals surface area contributed by atoms with E-state index in [9.17, 15) is 13.6 Å². The normalized spacial score (nSPS) is 11.3. The molecule has 29 heavy (non-hydrogen) atoms. The Labute approximate surface area is 168 Å². The van der Waals surface area contributed by atoms with Gasteiger partial charge in [0.15, 0.2) is 0 Å². The van der Waals surface area contributed by atoms with Crippen LogP contribution in [0.2, 0.25) is 0 Å². The predicted octanol–water partition coefficient (Wildman–Crippen LogP) is 3.78. The van der Waals surface area contributed by atoms with Crippen molar-refractivity contribution >= 4 is 23.9 Å². The lowest BCUT2D eigenvalue weighted by atomic mass is 10.2. The van der Waals surface area contributed by atoms with E-state index in [4.69, 9.17) is 9.15 Å². The molecule has 0 saturated carbocycles. The van der Waals surface area contributed by atoms with E-state index in [2.05, 4.69) is 20.0 Å². The molecule has 0 saturated heterocycles. The van der Waals surface area contributed by atoms with Crippen LogP contribution in [-0.2, 0) is 11.3 Å². The summed E-state index contributed by atoms with van der Waals surface area (Å²) in [5, 5.41) is 11.4. The Kier molecular flexibility index (Phi) is 6.60. The fourth-order valence-electron chi connectivity index (χ4n) is 2.24. The van der Waals surface area contributed by atoms with Crippen molar-refractivity contribution in [3.63, 3.8) is 0 Å². The number of carbonyl (C=O) groups excluding carboxylic acids is 1. The maximum absolute atomic E-state index is 13.0. The van der Waals surface area contributed by atoms with Gasteiger partial charge in [-0.2, -0.15) is 9.78 Å². The van der Waals surface area contributed by atoms with Crippen LogP contribution in [0.4, 0.5) is 8.78 Å². The summed E-state index contributed by atoms with van der Waals surface area (Å²) in [6.45, 7) is 0.125. The third-order valence-corrected chi connectivity index (χ3v) is 4.27. The Morgan fingerprint density at radius 1 is 1.28 bits per heavy atom. The number of rotatable bonds is 8. The number of alkyl halides is 2. The Morgan fingerprint density at radius 3 is 2.69 bits per heavy atom. The van der Waals surface area contributed by atoms with Crippen LogP contribution in [0.3, 0.4) is 0 Å². The number of thioether (sulfide) groups is 1. The molecule has 0 aliphatic heterocycles. The number of nitrogens with zero attached hydrogens (tertiary/aromatic N) is 4. The number of ether oxygens (including phenoxy) is 2. The van der Waals surface area contributed by atoms with Gasteiger partial charge in [-0.3, -0.25) is 0 Å². The fourth-order valence-corrected chi connectivity index (χ4v) is 2.68. The molecule has 0 aliphatic carbocycles. The van der Waals surface area contributed by atoms with E-state index in [0.717, 1.165) is 4.68 Å². The van der Waals surface area contributed by atoms with E-state index in [1.54, 1.807) is 36.6 Å². The van der Waals surface area contributed by atoms with Crippen molar-refractivity contribution in [2.75, 3.05) is 13.4 Å². The second kappa shape index (κ2) is 9.32. The number of carbonyl (C=O) groups is 1. The van der Waals surface area contributed by atoms with Crippen molar-refractivity contribution in [1.82, 2.24) is 14.9 Å². The van der Waals surface area contributed by atoms with Crippen LogP contribution in [-0.4, -0.2) is 40.4 Å². The number of furan rings is 1. The highest BCUT2D eigenvalue weighted by Gasteiger charge is 2.19. The van der Waals surface area contributed by atoms with Gasteiger partial charge in [0.2, 0.25) is 16.7 Å². The summed E-state index contributed by atoms with van der Waals surface area (Å²) in [5.74, 6) is 0.0377. The SMILES string of the molecule is COC(=O)c1ccc(COc2ccc(/C=N/n3c(SC)nnc3C(F)F)cc2)o1. The first-order chi connectivity index (χ1) is 14.0. The molecule has 3 aromatic rings. The average Bonchev–Trinajstić information content (AvgIpc) is 3.37. The van der Waals surface area contributed by atoms with E-state index in [1.807, 2.05) is 0 Å². The first kappa shape index (κ1) is 20.5. The summed E-state index contributed by atoms with van der Waals surface area (Å²) in [6, 6.07) is 9.95. The number of methoxy groups -OCH3 is 1. The van der Waals surface area contributed by atoms with E-state index < -0.39 is 18.2 Å². The van der Waals surface area contributed by atoms with Gasteiger partial charge in [0.25, 0.3) is 6.43 Å². The van der Waals surface area contributed by atoms with Crippen LogP contribution < -0.4 is 4.74 Å². The number of benzene rings is 1. The van der Waals surface area contributed by atoms with Gasteiger partial charge >= 0.3 is 5.97 Å². The standard InChI is InChI=1S/C18H16F2N4O4S/c1-26-17(25)14-8-7-13(28-14)10-27-12-5-3-11(4-6-12)9-21-24-16(15(19)20)22-23-18(24)29-2/h3-9,15H,10H2,1-2H3/b21-9+. The molecule has 0 spiro atoms. The molecule has 0 amide bonds. The monoisotopic (exact) mass is 422 g/mol. The van der Waals surface area contributed by atoms with Gasteiger partial charge in [0.1, 0.15) is 18.1 Å². The van der Waals surface area contributed by atoms with Crippen LogP contribution >= 0.6 is 11.8 Å². The summed E-state index contributed by atoms with van der Waals surface area (Å²) in [7, 11) is 1.27. The zero-order valence-corrected chi connectivity index (χ0v) is 16.2. The molecule has 8 nitrogen and oxygen atoms in total. The maximum atomic E-state index is 13.0. The minimum Gasteiger partial charge on any atom is -0.486 e. The predicted molar refractivity (Wildman–Crippen MR) is 101 cm³/mol. The number of hydrogen-bond acceptors (Lipinski definition) is 8. The number of hydrogen-bond donors (Lipinski definition) is 0. The molecule has 0 unspecified atom stereocenters. The second-order valence-electron chi connectivity index (χ2n) is 5.52. The summed E-state index contributed by atoms with van der Waals surface area (Å²) >= 11 is 1.17. The van der Waals surface area contributed by atoms with Crippen LogP contribution in [0.5, 0.6) is 5.75 Å². The smallest absolute Gasteiger partial charge is 0.373 e. The highest BCUT2D eigenvalue weighted by molar-refractivity contribution is 7.98. The molecular weight excluding hydrogens is 406 g/mol. The van der Waals surface area contributed by atoms with Crippen molar-refractivity contribution in [2.45, 2.75) is 18.2 Å². The zero-order valence-electron chi connectivity index (χ0n) is 15.4.